The van der Waals surface area contributed by atoms with E-state index in [-0.39, 0.29) is 13.3 Å². The van der Waals surface area contributed by atoms with Crippen molar-refractivity contribution in [3.63, 3.8) is 0 Å². The molecule has 0 aliphatic carbocycles. The zero-order valence-electron chi connectivity index (χ0n) is 14.4. The van der Waals surface area contributed by atoms with Crippen LogP contribution in [0.15, 0.2) is 48.5 Å². The molecule has 0 spiro atoms. The van der Waals surface area contributed by atoms with Crippen molar-refractivity contribution in [1.82, 2.24) is 5.43 Å². The minimum atomic E-state index is -0.173. The molecule has 5 nitrogen and oxygen atoms in total. The average molecular weight is 355 g/mol. The summed E-state index contributed by atoms with van der Waals surface area (Å²) in [6, 6.07) is 17.0. The van der Waals surface area contributed by atoms with Crippen LogP contribution in [-0.4, -0.2) is 32.2 Å². The average Bonchev–Trinajstić information content (AvgIpc) is 2.68. The maximum absolute atomic E-state index is 11.3. The minimum Gasteiger partial charge on any atom is -0.378 e. The van der Waals surface area contributed by atoms with Gasteiger partial charge in [0.05, 0.1) is 19.6 Å². The summed E-state index contributed by atoms with van der Waals surface area (Å²) >= 11 is 0. The summed E-state index contributed by atoms with van der Waals surface area (Å²) < 4.78 is 5.40. The molecule has 3 N–H and O–H groups in total. The van der Waals surface area contributed by atoms with Gasteiger partial charge in [-0.15, -0.1) is 0 Å². The van der Waals surface area contributed by atoms with Crippen molar-refractivity contribution in [2.75, 3.05) is 31.2 Å². The predicted molar refractivity (Wildman–Crippen MR) is 106 cm³/mol. The Morgan fingerprint density at radius 3 is 1.96 bits per heavy atom. The van der Waals surface area contributed by atoms with Crippen LogP contribution in [0.2, 0.25) is 0 Å². The first-order valence-corrected chi connectivity index (χ1v) is 8.73. The third-order valence-corrected chi connectivity index (χ3v) is 4.56. The van der Waals surface area contributed by atoms with Gasteiger partial charge in [0.2, 0.25) is 5.91 Å². The Balaban J connectivity index is 0.00000243. The molecule has 2 aromatic rings. The highest BCUT2D eigenvalue weighted by molar-refractivity contribution is 5.77. The van der Waals surface area contributed by atoms with Gasteiger partial charge in [-0.2, -0.15) is 0 Å². The van der Waals surface area contributed by atoms with Gasteiger partial charge in [-0.3, -0.25) is 10.2 Å². The van der Waals surface area contributed by atoms with Gasteiger partial charge in [0.15, 0.2) is 0 Å². The number of aryl methyl sites for hydroxylation is 2. The predicted octanol–water partition coefficient (Wildman–Crippen LogP) is 2.48. The standard InChI is InChI=1S/C20H25N3O2.CH4/c21-22-20(24)15-18-5-3-16(4-6-18)1-2-17-7-9-19(10-8-17)23-11-13-25-14-12-23;/h3-10H,1-2,11-15,21H2,(H,22,24);1H4. The van der Waals surface area contributed by atoms with Gasteiger partial charge in [0.1, 0.15) is 0 Å². The third-order valence-electron chi connectivity index (χ3n) is 4.56. The summed E-state index contributed by atoms with van der Waals surface area (Å²) in [7, 11) is 0. The second-order valence-corrected chi connectivity index (χ2v) is 6.33. The van der Waals surface area contributed by atoms with Crippen LogP contribution in [0.3, 0.4) is 0 Å². The van der Waals surface area contributed by atoms with Crippen LogP contribution in [0.25, 0.3) is 0 Å². The first kappa shape index (κ1) is 19.9. The third kappa shape index (κ3) is 5.58. The Morgan fingerprint density at radius 2 is 1.42 bits per heavy atom. The van der Waals surface area contributed by atoms with Crippen molar-refractivity contribution < 1.29 is 9.53 Å². The van der Waals surface area contributed by atoms with Gasteiger partial charge in [-0.25, -0.2) is 5.84 Å². The smallest absolute Gasteiger partial charge is 0.238 e. The number of nitrogens with zero attached hydrogens (tertiary/aromatic N) is 1. The summed E-state index contributed by atoms with van der Waals surface area (Å²) in [6.45, 7) is 3.55. The second-order valence-electron chi connectivity index (χ2n) is 6.33. The van der Waals surface area contributed by atoms with Crippen LogP contribution in [0.1, 0.15) is 24.1 Å². The number of carbonyl (C=O) groups excluding carboxylic acids is 1. The van der Waals surface area contributed by atoms with E-state index in [0.29, 0.717) is 6.42 Å². The van der Waals surface area contributed by atoms with Gasteiger partial charge in [0.25, 0.3) is 0 Å². The van der Waals surface area contributed by atoms with Gasteiger partial charge < -0.3 is 9.64 Å². The number of amides is 1. The van der Waals surface area contributed by atoms with Gasteiger partial charge in [-0.1, -0.05) is 43.8 Å². The van der Waals surface area contributed by atoms with Gasteiger partial charge >= 0.3 is 0 Å². The molecule has 1 saturated heterocycles. The monoisotopic (exact) mass is 355 g/mol. The number of carbonyl (C=O) groups is 1. The number of hydrogen-bond donors (Lipinski definition) is 2. The van der Waals surface area contributed by atoms with Crippen LogP contribution in [0, 0.1) is 0 Å². The van der Waals surface area contributed by atoms with E-state index in [2.05, 4.69) is 46.7 Å². The van der Waals surface area contributed by atoms with Crippen LogP contribution in [0.5, 0.6) is 0 Å². The van der Waals surface area contributed by atoms with E-state index in [9.17, 15) is 4.79 Å². The van der Waals surface area contributed by atoms with Crippen molar-refractivity contribution in [2.45, 2.75) is 26.7 Å². The summed E-state index contributed by atoms with van der Waals surface area (Å²) in [5.41, 5.74) is 7.01. The lowest BCUT2D eigenvalue weighted by Crippen LogP contribution is -2.36. The van der Waals surface area contributed by atoms with Crippen LogP contribution in [-0.2, 0) is 28.8 Å². The van der Waals surface area contributed by atoms with Crippen molar-refractivity contribution in [3.05, 3.63) is 65.2 Å². The number of anilines is 1. The molecular weight excluding hydrogens is 326 g/mol. The molecule has 1 fully saturated rings. The van der Waals surface area contributed by atoms with Crippen molar-refractivity contribution >= 4 is 11.6 Å². The first-order chi connectivity index (χ1) is 12.2. The van der Waals surface area contributed by atoms with E-state index in [0.717, 1.165) is 44.7 Å². The lowest BCUT2D eigenvalue weighted by Gasteiger charge is -2.28. The molecule has 1 heterocycles. The summed E-state index contributed by atoms with van der Waals surface area (Å²) in [6.07, 6.45) is 2.31. The van der Waals surface area contributed by atoms with Gasteiger partial charge in [0, 0.05) is 18.8 Å². The molecule has 0 saturated carbocycles. The molecule has 0 bridgehead atoms. The van der Waals surface area contributed by atoms with E-state index in [1.807, 2.05) is 12.1 Å². The van der Waals surface area contributed by atoms with E-state index in [1.165, 1.54) is 16.8 Å². The summed E-state index contributed by atoms with van der Waals surface area (Å²) in [4.78, 5) is 13.6. The Bertz CT molecular complexity index is 677. The Hall–Kier alpha value is -2.37. The second kappa shape index (κ2) is 9.94. The SMILES string of the molecule is C.NNC(=O)Cc1ccc(CCc2ccc(N3CCOCC3)cc2)cc1. The van der Waals surface area contributed by atoms with E-state index in [4.69, 9.17) is 10.6 Å². The Morgan fingerprint density at radius 1 is 0.923 bits per heavy atom. The largest absolute Gasteiger partial charge is 0.378 e. The Kier molecular flexibility index (Phi) is 7.63. The zero-order chi connectivity index (χ0) is 17.5. The molecule has 0 aromatic heterocycles. The maximum Gasteiger partial charge on any atom is 0.238 e. The minimum absolute atomic E-state index is 0. The zero-order valence-corrected chi connectivity index (χ0v) is 14.4. The van der Waals surface area contributed by atoms with Crippen molar-refractivity contribution in [1.29, 1.82) is 0 Å². The van der Waals surface area contributed by atoms with Crippen LogP contribution in [0.4, 0.5) is 5.69 Å². The highest BCUT2D eigenvalue weighted by Crippen LogP contribution is 2.18. The lowest BCUT2D eigenvalue weighted by atomic mass is 10.0. The fourth-order valence-electron chi connectivity index (χ4n) is 3.04. The molecule has 0 atom stereocenters. The number of hydrazine groups is 1. The highest BCUT2D eigenvalue weighted by atomic mass is 16.5. The molecule has 0 radical (unpaired) electrons. The summed E-state index contributed by atoms with van der Waals surface area (Å²) in [5, 5.41) is 0. The molecule has 1 aliphatic heterocycles. The molecule has 3 rings (SSSR count). The van der Waals surface area contributed by atoms with Crippen LogP contribution < -0.4 is 16.2 Å². The number of morpholine rings is 1. The fourth-order valence-corrected chi connectivity index (χ4v) is 3.04. The number of ether oxygens (including phenoxy) is 1. The number of nitrogens with two attached hydrogens (primary N) is 1. The molecule has 140 valence electrons. The quantitative estimate of drug-likeness (QED) is 0.475. The first-order valence-electron chi connectivity index (χ1n) is 8.73. The van der Waals surface area contributed by atoms with Crippen LogP contribution >= 0.6 is 0 Å². The Labute approximate surface area is 156 Å². The number of nitrogens with one attached hydrogen (secondary N) is 1. The molecule has 2 aromatic carbocycles. The number of benzene rings is 2. The maximum atomic E-state index is 11.3. The normalized spacial score (nSPS) is 13.8. The van der Waals surface area contributed by atoms with E-state index < -0.39 is 0 Å². The van der Waals surface area contributed by atoms with E-state index >= 15 is 0 Å². The molecule has 5 heteroatoms. The molecular formula is C21H29N3O2. The molecule has 0 unspecified atom stereocenters. The van der Waals surface area contributed by atoms with Crippen molar-refractivity contribution in [3.8, 4) is 0 Å². The fraction of sp³-hybridized carbons (Fsp3) is 0.381. The molecule has 26 heavy (non-hydrogen) atoms. The molecule has 1 amide bonds. The summed E-state index contributed by atoms with van der Waals surface area (Å²) in [5.74, 6) is 4.94. The molecule has 1 aliphatic rings. The highest BCUT2D eigenvalue weighted by Gasteiger charge is 2.10. The number of hydrogen-bond acceptors (Lipinski definition) is 4. The van der Waals surface area contributed by atoms with Crippen molar-refractivity contribution in [2.24, 2.45) is 5.84 Å². The lowest BCUT2D eigenvalue weighted by molar-refractivity contribution is -0.120. The topological polar surface area (TPSA) is 67.6 Å². The van der Waals surface area contributed by atoms with E-state index in [1.54, 1.807) is 0 Å². The van der Waals surface area contributed by atoms with Gasteiger partial charge in [-0.05, 0) is 41.7 Å². The number of rotatable bonds is 6.